The molecule has 0 rings (SSSR count). The minimum Gasteiger partial charge on any atom is -0.389 e. The molecule has 0 fully saturated rings. The van der Waals surface area contributed by atoms with E-state index in [1.165, 1.54) is 25.7 Å². The normalized spacial score (nSPS) is 10.9. The van der Waals surface area contributed by atoms with Gasteiger partial charge in [0.05, 0.1) is 0 Å². The molecule has 0 aliphatic carbocycles. The first-order valence-electron chi connectivity index (χ1n) is 7.09. The van der Waals surface area contributed by atoms with Crippen LogP contribution >= 0.6 is 0 Å². The second-order valence-electron chi connectivity index (χ2n) is 4.41. The molecule has 3 heteroatoms. The van der Waals surface area contributed by atoms with Gasteiger partial charge in [0, 0.05) is 18.4 Å². The van der Waals surface area contributed by atoms with E-state index in [0.717, 1.165) is 24.6 Å². The molecule has 0 atom stereocenters. The highest BCUT2D eigenvalue weighted by atomic mass is 15.2. The number of hydrogen-bond donors (Lipinski definition) is 3. The van der Waals surface area contributed by atoms with Gasteiger partial charge in [0.25, 0.3) is 0 Å². The first-order valence-corrected chi connectivity index (χ1v) is 7.09. The molecule has 17 heavy (non-hydrogen) atoms. The van der Waals surface area contributed by atoms with E-state index in [9.17, 15) is 0 Å². The fourth-order valence-electron chi connectivity index (χ4n) is 1.36. The van der Waals surface area contributed by atoms with E-state index in [4.69, 9.17) is 5.84 Å². The molecule has 3 nitrogen and oxygen atoms in total. The molecule has 0 aliphatic rings. The highest BCUT2D eigenvalue weighted by Gasteiger charge is 1.97. The van der Waals surface area contributed by atoms with Crippen LogP contribution in [-0.2, 0) is 0 Å². The van der Waals surface area contributed by atoms with Crippen LogP contribution in [0.4, 0.5) is 0 Å². The summed E-state index contributed by atoms with van der Waals surface area (Å²) in [6.45, 7) is 11.7. The number of unbranched alkanes of at least 4 members (excludes halogenated alkanes) is 1. The van der Waals surface area contributed by atoms with E-state index in [0.29, 0.717) is 0 Å². The zero-order valence-corrected chi connectivity index (χ0v) is 12.5. The van der Waals surface area contributed by atoms with E-state index >= 15 is 0 Å². The molecule has 0 aromatic rings. The third-order valence-corrected chi connectivity index (χ3v) is 2.36. The van der Waals surface area contributed by atoms with E-state index in [1.807, 2.05) is 20.0 Å². The van der Waals surface area contributed by atoms with E-state index in [1.54, 1.807) is 0 Å². The molecule has 0 bridgehead atoms. The number of nitrogens with one attached hydrogen (secondary N) is 2. The molecular weight excluding hydrogens is 210 g/mol. The Bertz CT molecular complexity index is 165. The molecular formula is C14H33N3. The first-order chi connectivity index (χ1) is 8.20. The van der Waals surface area contributed by atoms with Crippen molar-refractivity contribution in [2.45, 2.75) is 66.7 Å². The fraction of sp³-hybridized carbons (Fsp3) is 0.857. The van der Waals surface area contributed by atoms with Crippen LogP contribution in [0.2, 0.25) is 0 Å². The molecule has 0 saturated carbocycles. The maximum Gasteiger partial charge on any atom is 0.0415 e. The molecule has 104 valence electrons. The Balaban J connectivity index is 0. The van der Waals surface area contributed by atoms with Crippen molar-refractivity contribution >= 4 is 0 Å². The number of hydrogen-bond acceptors (Lipinski definition) is 3. The van der Waals surface area contributed by atoms with Crippen LogP contribution in [0.1, 0.15) is 66.7 Å². The molecule has 4 N–H and O–H groups in total. The number of hydrazine groups is 1. The van der Waals surface area contributed by atoms with Crippen molar-refractivity contribution < 1.29 is 0 Å². The summed E-state index contributed by atoms with van der Waals surface area (Å²) in [5.74, 6) is 6.22. The Morgan fingerprint density at radius 2 is 1.88 bits per heavy atom. The Hall–Kier alpha value is -0.700. The van der Waals surface area contributed by atoms with Crippen molar-refractivity contribution in [1.29, 1.82) is 0 Å². The van der Waals surface area contributed by atoms with Crippen molar-refractivity contribution in [1.82, 2.24) is 10.7 Å². The fourth-order valence-corrected chi connectivity index (χ4v) is 1.36. The number of nitrogens with two attached hydrogens (primary N) is 1. The van der Waals surface area contributed by atoms with E-state index < -0.39 is 0 Å². The summed E-state index contributed by atoms with van der Waals surface area (Å²) in [6, 6.07) is 0. The molecule has 0 heterocycles. The second kappa shape index (κ2) is 15.3. The van der Waals surface area contributed by atoms with Crippen molar-refractivity contribution in [2.24, 2.45) is 11.8 Å². The zero-order chi connectivity index (χ0) is 13.5. The van der Waals surface area contributed by atoms with Crippen LogP contribution < -0.4 is 16.6 Å². The molecule has 0 amide bonds. The number of allylic oxidation sites excluding steroid dienone is 1. The largest absolute Gasteiger partial charge is 0.389 e. The van der Waals surface area contributed by atoms with E-state index in [-0.39, 0.29) is 0 Å². The number of rotatable bonds is 9. The predicted octanol–water partition coefficient (Wildman–Crippen LogP) is 3.53. The van der Waals surface area contributed by atoms with Gasteiger partial charge in [-0.1, -0.05) is 47.5 Å². The summed E-state index contributed by atoms with van der Waals surface area (Å²) >= 11 is 0. The lowest BCUT2D eigenvalue weighted by Gasteiger charge is -2.09. The molecule has 0 aliphatic heterocycles. The van der Waals surface area contributed by atoms with Gasteiger partial charge in [-0.25, -0.2) is 0 Å². The van der Waals surface area contributed by atoms with E-state index in [2.05, 4.69) is 31.5 Å². The lowest BCUT2D eigenvalue weighted by molar-refractivity contribution is 0.545. The molecule has 0 radical (unpaired) electrons. The highest BCUT2D eigenvalue weighted by molar-refractivity contribution is 4.96. The molecule has 0 aromatic heterocycles. The Labute approximate surface area is 108 Å². The predicted molar refractivity (Wildman–Crippen MR) is 78.4 cm³/mol. The maximum absolute atomic E-state index is 5.45. The molecule has 0 aromatic carbocycles. The van der Waals surface area contributed by atoms with Crippen molar-refractivity contribution in [3.63, 3.8) is 0 Å². The SMILES string of the molecule is CC.CCCCN/C=C(/CCCC(C)C)NN. The summed E-state index contributed by atoms with van der Waals surface area (Å²) in [5, 5.41) is 3.27. The summed E-state index contributed by atoms with van der Waals surface area (Å²) in [4.78, 5) is 0. The molecule has 0 unspecified atom stereocenters. The third kappa shape index (κ3) is 15.3. The Kier molecular flexibility index (Phi) is 16.8. The smallest absolute Gasteiger partial charge is 0.0415 e. The molecule has 0 saturated heterocycles. The summed E-state index contributed by atoms with van der Waals surface area (Å²) < 4.78 is 0. The topological polar surface area (TPSA) is 50.1 Å². The summed E-state index contributed by atoms with van der Waals surface area (Å²) in [5.41, 5.74) is 3.85. The van der Waals surface area contributed by atoms with Crippen LogP contribution in [0.3, 0.4) is 0 Å². The Morgan fingerprint density at radius 3 is 2.35 bits per heavy atom. The van der Waals surface area contributed by atoms with Gasteiger partial charge in [0.2, 0.25) is 0 Å². The quantitative estimate of drug-likeness (QED) is 0.330. The van der Waals surface area contributed by atoms with Crippen LogP contribution in [-0.4, -0.2) is 6.54 Å². The van der Waals surface area contributed by atoms with Gasteiger partial charge in [-0.3, -0.25) is 5.84 Å². The van der Waals surface area contributed by atoms with Gasteiger partial charge in [-0.15, -0.1) is 0 Å². The highest BCUT2D eigenvalue weighted by Crippen LogP contribution is 2.09. The molecule has 0 spiro atoms. The van der Waals surface area contributed by atoms with Crippen molar-refractivity contribution in [3.05, 3.63) is 11.9 Å². The van der Waals surface area contributed by atoms with Gasteiger partial charge in [-0.05, 0) is 25.2 Å². The minimum absolute atomic E-state index is 0.775. The van der Waals surface area contributed by atoms with Gasteiger partial charge in [0.1, 0.15) is 0 Å². The minimum atomic E-state index is 0.775. The summed E-state index contributed by atoms with van der Waals surface area (Å²) in [6.07, 6.45) is 7.93. The second-order valence-corrected chi connectivity index (χ2v) is 4.41. The lowest BCUT2D eigenvalue weighted by Crippen LogP contribution is -2.23. The Morgan fingerprint density at radius 1 is 1.24 bits per heavy atom. The third-order valence-electron chi connectivity index (χ3n) is 2.36. The standard InChI is InChI=1S/C12H27N3.C2H6/c1-4-5-9-14-10-12(15-13)8-6-7-11(2)3;1-2/h10-11,14-15H,4-9,13H2,1-3H3;1-2H3/b12-10-;. The van der Waals surface area contributed by atoms with Crippen molar-refractivity contribution in [2.75, 3.05) is 6.54 Å². The van der Waals surface area contributed by atoms with Crippen LogP contribution in [0.5, 0.6) is 0 Å². The van der Waals surface area contributed by atoms with Crippen LogP contribution in [0, 0.1) is 5.92 Å². The maximum atomic E-state index is 5.45. The van der Waals surface area contributed by atoms with Gasteiger partial charge in [-0.2, -0.15) is 0 Å². The average Bonchev–Trinajstić information content (AvgIpc) is 2.34. The van der Waals surface area contributed by atoms with Gasteiger partial charge >= 0.3 is 0 Å². The van der Waals surface area contributed by atoms with Crippen LogP contribution in [0.25, 0.3) is 0 Å². The lowest BCUT2D eigenvalue weighted by atomic mass is 10.1. The average molecular weight is 243 g/mol. The van der Waals surface area contributed by atoms with Crippen LogP contribution in [0.15, 0.2) is 11.9 Å². The monoisotopic (exact) mass is 243 g/mol. The van der Waals surface area contributed by atoms with Gasteiger partial charge < -0.3 is 10.7 Å². The van der Waals surface area contributed by atoms with Gasteiger partial charge in [0.15, 0.2) is 0 Å². The summed E-state index contributed by atoms with van der Waals surface area (Å²) in [7, 11) is 0. The van der Waals surface area contributed by atoms with Crippen molar-refractivity contribution in [3.8, 4) is 0 Å². The zero-order valence-electron chi connectivity index (χ0n) is 12.5. The first kappa shape index (κ1) is 18.7.